The summed E-state index contributed by atoms with van der Waals surface area (Å²) in [5.74, 6) is -2.00. The quantitative estimate of drug-likeness (QED) is 0.604. The van der Waals surface area contributed by atoms with Crippen molar-refractivity contribution in [3.63, 3.8) is 0 Å². The third-order valence-electron chi connectivity index (χ3n) is 4.38. The van der Waals surface area contributed by atoms with Crippen LogP contribution in [0.15, 0.2) is 60.7 Å². The van der Waals surface area contributed by atoms with Crippen LogP contribution in [0, 0.1) is 0 Å². The van der Waals surface area contributed by atoms with E-state index >= 15 is 0 Å². The molecule has 0 aliphatic rings. The van der Waals surface area contributed by atoms with Gasteiger partial charge in [0, 0.05) is 10.6 Å². The number of benzene rings is 2. The van der Waals surface area contributed by atoms with Crippen molar-refractivity contribution >= 4 is 41.0 Å². The number of imide groups is 3. The molecule has 0 spiro atoms. The molecule has 10 heteroatoms. The molecule has 3 rings (SSSR count). The van der Waals surface area contributed by atoms with Crippen LogP contribution in [0.1, 0.15) is 15.9 Å². The fourth-order valence-electron chi connectivity index (χ4n) is 2.84. The van der Waals surface area contributed by atoms with Gasteiger partial charge in [0.15, 0.2) is 5.15 Å². The summed E-state index contributed by atoms with van der Waals surface area (Å²) >= 11 is 11.9. The van der Waals surface area contributed by atoms with Crippen molar-refractivity contribution < 1.29 is 14.4 Å². The van der Waals surface area contributed by atoms with Crippen LogP contribution in [0.2, 0.25) is 10.2 Å². The van der Waals surface area contributed by atoms with Crippen LogP contribution in [0.25, 0.3) is 11.3 Å². The number of carbonyl (C=O) groups excluding carboxylic acids is 3. The lowest BCUT2D eigenvalue weighted by molar-refractivity contribution is -0.127. The largest absolute Gasteiger partial charge is 0.351 e. The van der Waals surface area contributed by atoms with Crippen molar-refractivity contribution in [1.82, 2.24) is 15.1 Å². The second-order valence-electron chi connectivity index (χ2n) is 6.55. The summed E-state index contributed by atoms with van der Waals surface area (Å²) in [6.45, 7) is 0. The number of nitrogens with two attached hydrogens (primary N) is 2. The number of nitrogens with zero attached hydrogens (tertiary/aromatic N) is 3. The number of primary amides is 1. The Balaban J connectivity index is 1.90. The van der Waals surface area contributed by atoms with E-state index < -0.39 is 23.9 Å². The molecule has 8 nitrogen and oxygen atoms in total. The Bertz CT molecular complexity index is 1120. The molecule has 0 fully saturated rings. The van der Waals surface area contributed by atoms with Crippen molar-refractivity contribution in [3.8, 4) is 11.3 Å². The van der Waals surface area contributed by atoms with Crippen LogP contribution in [0.5, 0.6) is 0 Å². The van der Waals surface area contributed by atoms with Gasteiger partial charge in [0.05, 0.1) is 17.3 Å². The molecule has 1 atom stereocenters. The smallest absolute Gasteiger partial charge is 0.328 e. The van der Waals surface area contributed by atoms with Crippen molar-refractivity contribution in [2.45, 2.75) is 12.5 Å². The molecule has 0 bridgehead atoms. The first kappa shape index (κ1) is 22.4. The Morgan fingerprint density at radius 3 is 2.23 bits per heavy atom. The van der Waals surface area contributed by atoms with E-state index in [9.17, 15) is 14.4 Å². The standard InChI is InChI=1S/C21H17Cl2N5O3/c22-14-8-6-13(7-9-14)17-11-15(18(23)27-26-17)19(29)28(21(25)31)20(30)16(24)10-12-4-2-1-3-5-12/h1-9,11,16H,10,24H2,(H2,25,31). The number of hydrogen-bond donors (Lipinski definition) is 2. The van der Waals surface area contributed by atoms with E-state index in [4.69, 9.17) is 34.7 Å². The van der Waals surface area contributed by atoms with Gasteiger partial charge in [0.1, 0.15) is 0 Å². The van der Waals surface area contributed by atoms with Crippen LogP contribution in [0.4, 0.5) is 4.79 Å². The first-order valence-electron chi connectivity index (χ1n) is 9.04. The predicted octanol–water partition coefficient (Wildman–Crippen LogP) is 3.07. The molecular weight excluding hydrogens is 441 g/mol. The number of amides is 4. The molecule has 4 N–H and O–H groups in total. The second kappa shape index (κ2) is 9.65. The van der Waals surface area contributed by atoms with Crippen LogP contribution < -0.4 is 11.5 Å². The number of urea groups is 1. The number of rotatable bonds is 5. The van der Waals surface area contributed by atoms with Crippen molar-refractivity contribution in [1.29, 1.82) is 0 Å². The SMILES string of the molecule is NC(=O)N(C(=O)c1cc(-c2ccc(Cl)cc2)nnc1Cl)C(=O)C(N)Cc1ccccc1. The highest BCUT2D eigenvalue weighted by atomic mass is 35.5. The Morgan fingerprint density at radius 1 is 0.968 bits per heavy atom. The number of hydrogen-bond acceptors (Lipinski definition) is 6. The van der Waals surface area contributed by atoms with E-state index in [1.165, 1.54) is 6.07 Å². The topological polar surface area (TPSA) is 132 Å². The Kier molecular flexibility index (Phi) is 6.96. The van der Waals surface area contributed by atoms with Gasteiger partial charge in [-0.3, -0.25) is 9.59 Å². The predicted molar refractivity (Wildman–Crippen MR) is 116 cm³/mol. The average molecular weight is 458 g/mol. The molecule has 4 amide bonds. The summed E-state index contributed by atoms with van der Waals surface area (Å²) in [6, 6.07) is 14.4. The van der Waals surface area contributed by atoms with Crippen LogP contribution >= 0.6 is 23.2 Å². The summed E-state index contributed by atoms with van der Waals surface area (Å²) in [5.41, 5.74) is 12.7. The molecule has 2 aromatic carbocycles. The average Bonchev–Trinajstić information content (AvgIpc) is 2.75. The third kappa shape index (κ3) is 5.24. The van der Waals surface area contributed by atoms with Crippen molar-refractivity contribution in [2.75, 3.05) is 0 Å². The summed E-state index contributed by atoms with van der Waals surface area (Å²) in [4.78, 5) is 38.1. The molecule has 158 valence electrons. The maximum Gasteiger partial charge on any atom is 0.328 e. The molecule has 0 saturated heterocycles. The molecule has 1 unspecified atom stereocenters. The second-order valence-corrected chi connectivity index (χ2v) is 7.35. The minimum atomic E-state index is -1.28. The van der Waals surface area contributed by atoms with E-state index in [0.717, 1.165) is 5.56 Å². The monoisotopic (exact) mass is 457 g/mol. The molecule has 0 radical (unpaired) electrons. The van der Waals surface area contributed by atoms with Gasteiger partial charge in [-0.05, 0) is 30.2 Å². The van der Waals surface area contributed by atoms with E-state index in [1.54, 1.807) is 48.5 Å². The van der Waals surface area contributed by atoms with E-state index in [0.29, 0.717) is 10.6 Å². The van der Waals surface area contributed by atoms with Crippen molar-refractivity contribution in [3.05, 3.63) is 82.0 Å². The molecular formula is C21H17Cl2N5O3. The highest BCUT2D eigenvalue weighted by Gasteiger charge is 2.33. The first-order chi connectivity index (χ1) is 14.8. The number of aromatic nitrogens is 2. The maximum absolute atomic E-state index is 13.0. The molecule has 0 aliphatic heterocycles. The zero-order valence-electron chi connectivity index (χ0n) is 16.0. The summed E-state index contributed by atoms with van der Waals surface area (Å²) in [6.07, 6.45) is 0.106. The molecule has 3 aromatic rings. The van der Waals surface area contributed by atoms with Gasteiger partial charge < -0.3 is 11.5 Å². The Morgan fingerprint density at radius 2 is 1.61 bits per heavy atom. The highest BCUT2D eigenvalue weighted by molar-refractivity contribution is 6.34. The molecule has 1 heterocycles. The van der Waals surface area contributed by atoms with Gasteiger partial charge in [-0.2, -0.15) is 4.90 Å². The fourth-order valence-corrected chi connectivity index (χ4v) is 3.14. The Labute approximate surface area is 187 Å². The van der Waals surface area contributed by atoms with Gasteiger partial charge in [0.25, 0.3) is 11.8 Å². The van der Waals surface area contributed by atoms with Gasteiger partial charge in [-0.15, -0.1) is 10.2 Å². The number of carbonyl (C=O) groups is 3. The van der Waals surface area contributed by atoms with Crippen LogP contribution in [0.3, 0.4) is 0 Å². The molecule has 0 saturated carbocycles. The minimum Gasteiger partial charge on any atom is -0.351 e. The fraction of sp³-hybridized carbons (Fsp3) is 0.0952. The zero-order valence-corrected chi connectivity index (χ0v) is 17.5. The van der Waals surface area contributed by atoms with Gasteiger partial charge >= 0.3 is 6.03 Å². The first-order valence-corrected chi connectivity index (χ1v) is 9.80. The molecule has 0 aliphatic carbocycles. The summed E-state index contributed by atoms with van der Waals surface area (Å²) in [7, 11) is 0. The van der Waals surface area contributed by atoms with E-state index in [-0.39, 0.29) is 27.7 Å². The normalized spacial score (nSPS) is 11.6. The molecule has 31 heavy (non-hydrogen) atoms. The number of halogens is 2. The maximum atomic E-state index is 13.0. The van der Waals surface area contributed by atoms with E-state index in [1.807, 2.05) is 6.07 Å². The summed E-state index contributed by atoms with van der Waals surface area (Å²) in [5, 5.41) is 7.91. The lowest BCUT2D eigenvalue weighted by Gasteiger charge is -2.21. The van der Waals surface area contributed by atoms with Gasteiger partial charge in [0.2, 0.25) is 0 Å². The lowest BCUT2D eigenvalue weighted by Crippen LogP contribution is -2.52. The summed E-state index contributed by atoms with van der Waals surface area (Å²) < 4.78 is 0. The van der Waals surface area contributed by atoms with Crippen molar-refractivity contribution in [2.24, 2.45) is 11.5 Å². The van der Waals surface area contributed by atoms with Crippen LogP contribution in [-0.4, -0.2) is 39.0 Å². The lowest BCUT2D eigenvalue weighted by atomic mass is 10.1. The zero-order chi connectivity index (χ0) is 22.5. The Hall–Kier alpha value is -3.33. The van der Waals surface area contributed by atoms with Crippen LogP contribution in [-0.2, 0) is 11.2 Å². The highest BCUT2D eigenvalue weighted by Crippen LogP contribution is 2.24. The molecule has 1 aromatic heterocycles. The third-order valence-corrected chi connectivity index (χ3v) is 4.91. The van der Waals surface area contributed by atoms with E-state index in [2.05, 4.69) is 10.2 Å². The van der Waals surface area contributed by atoms with Gasteiger partial charge in [-0.1, -0.05) is 65.7 Å². The van der Waals surface area contributed by atoms with Gasteiger partial charge in [-0.25, -0.2) is 4.79 Å². The minimum absolute atomic E-state index is 0.106.